The van der Waals surface area contributed by atoms with E-state index < -0.39 is 0 Å². The van der Waals surface area contributed by atoms with Gasteiger partial charge in [-0.15, -0.1) is 0 Å². The average Bonchev–Trinajstić information content (AvgIpc) is 2.99. The number of carbonyl (C=O) groups excluding carboxylic acids is 1. The van der Waals surface area contributed by atoms with Gasteiger partial charge in [0.25, 0.3) is 0 Å². The molecule has 162 valence electrons. The van der Waals surface area contributed by atoms with Crippen molar-refractivity contribution in [1.29, 1.82) is 0 Å². The fraction of sp³-hybridized carbons (Fsp3) is 0.792. The highest BCUT2D eigenvalue weighted by atomic mass is 16.1. The third-order valence-corrected chi connectivity index (χ3v) is 7.11. The highest BCUT2D eigenvalue weighted by Gasteiger charge is 2.41. The van der Waals surface area contributed by atoms with Crippen molar-refractivity contribution in [3.63, 3.8) is 0 Å². The molecule has 0 amide bonds. The van der Waals surface area contributed by atoms with Gasteiger partial charge in [-0.3, -0.25) is 9.69 Å². The molecule has 3 aliphatic rings. The number of anilines is 1. The molecule has 2 aliphatic heterocycles. The molecule has 29 heavy (non-hydrogen) atoms. The Kier molecular flexibility index (Phi) is 7.66. The Bertz CT molecular complexity index is 637. The number of Topliss-reactive ketones (excluding diaryl/α,β-unsaturated/α-hetero) is 1. The number of rotatable bonds is 5. The Labute approximate surface area is 177 Å². The lowest BCUT2D eigenvalue weighted by atomic mass is 9.78. The van der Waals surface area contributed by atoms with Crippen LogP contribution in [0.5, 0.6) is 0 Å². The maximum Gasteiger partial charge on any atom is 0.225 e. The predicted octanol–water partition coefficient (Wildman–Crippen LogP) is 4.50. The number of hydrogen-bond donors (Lipinski definition) is 0. The molecule has 3 heterocycles. The van der Waals surface area contributed by atoms with Crippen LogP contribution < -0.4 is 4.90 Å². The topological polar surface area (TPSA) is 49.3 Å². The summed E-state index contributed by atoms with van der Waals surface area (Å²) in [5.41, 5.74) is 1.25. The van der Waals surface area contributed by atoms with Gasteiger partial charge in [0.2, 0.25) is 5.95 Å². The minimum absolute atomic E-state index is 0.305. The molecular formula is C24H40N4O. The second kappa shape index (κ2) is 10.0. The zero-order valence-electron chi connectivity index (χ0n) is 19.1. The Morgan fingerprint density at radius 2 is 1.55 bits per heavy atom. The fourth-order valence-electron chi connectivity index (χ4n) is 5.38. The first-order chi connectivity index (χ1) is 14.0. The first-order valence-electron chi connectivity index (χ1n) is 11.8. The molecule has 1 aliphatic carbocycles. The van der Waals surface area contributed by atoms with Gasteiger partial charge in [-0.2, -0.15) is 0 Å². The largest absolute Gasteiger partial charge is 0.332 e. The Balaban J connectivity index is 0.00000117. The number of likely N-dealkylation sites (tertiary alicyclic amines) is 1. The quantitative estimate of drug-likeness (QED) is 0.728. The van der Waals surface area contributed by atoms with Crippen LogP contribution in [0, 0.1) is 11.8 Å². The Hall–Kier alpha value is -1.49. The zero-order valence-corrected chi connectivity index (χ0v) is 19.1. The van der Waals surface area contributed by atoms with Crippen LogP contribution >= 0.6 is 0 Å². The van der Waals surface area contributed by atoms with Gasteiger partial charge >= 0.3 is 0 Å². The van der Waals surface area contributed by atoms with Crippen molar-refractivity contribution >= 4 is 11.7 Å². The Morgan fingerprint density at radius 3 is 2.03 bits per heavy atom. The molecule has 2 bridgehead atoms. The maximum absolute atomic E-state index is 11.5. The van der Waals surface area contributed by atoms with Gasteiger partial charge in [0.05, 0.1) is 0 Å². The monoisotopic (exact) mass is 400 g/mol. The summed E-state index contributed by atoms with van der Waals surface area (Å²) < 4.78 is 0. The van der Waals surface area contributed by atoms with Crippen molar-refractivity contribution < 1.29 is 4.79 Å². The number of hydrogen-bond acceptors (Lipinski definition) is 5. The molecule has 5 nitrogen and oxygen atoms in total. The van der Waals surface area contributed by atoms with Crippen LogP contribution in [0.1, 0.15) is 78.7 Å². The molecule has 2 atom stereocenters. The molecule has 2 unspecified atom stereocenters. The van der Waals surface area contributed by atoms with E-state index in [1.54, 1.807) is 6.92 Å². The SMILES string of the molecule is CC.CC(=O)C1CCC(Cc2cnc(N3C4CCC3CN(C(C)C)C4)nc2)CC1. The molecule has 4 rings (SSSR count). The molecular weight excluding hydrogens is 360 g/mol. The van der Waals surface area contributed by atoms with Gasteiger partial charge < -0.3 is 4.90 Å². The average molecular weight is 401 g/mol. The molecule has 1 aromatic heterocycles. The smallest absolute Gasteiger partial charge is 0.225 e. The maximum atomic E-state index is 11.5. The van der Waals surface area contributed by atoms with E-state index in [4.69, 9.17) is 9.97 Å². The highest BCUT2D eigenvalue weighted by molar-refractivity contribution is 5.78. The lowest BCUT2D eigenvalue weighted by Gasteiger charge is -2.42. The number of ketones is 1. The van der Waals surface area contributed by atoms with Crippen LogP contribution in [0.25, 0.3) is 0 Å². The van der Waals surface area contributed by atoms with Gasteiger partial charge in [-0.1, -0.05) is 13.8 Å². The Morgan fingerprint density at radius 1 is 1.00 bits per heavy atom. The summed E-state index contributed by atoms with van der Waals surface area (Å²) in [6.07, 6.45) is 12.1. The summed E-state index contributed by atoms with van der Waals surface area (Å²) in [5, 5.41) is 0. The van der Waals surface area contributed by atoms with Crippen LogP contribution in [0.4, 0.5) is 5.95 Å². The standard InChI is InChI=1S/C22H34N4O.C2H6/c1-15(2)25-13-20-8-9-21(14-25)26(20)22-23-11-18(12-24-22)10-17-4-6-19(7-5-17)16(3)27;1-2/h11-12,15,17,19-21H,4-10,13-14H2,1-3H3;1-2H3. The van der Waals surface area contributed by atoms with Gasteiger partial charge in [0.15, 0.2) is 0 Å². The van der Waals surface area contributed by atoms with E-state index in [0.29, 0.717) is 35.7 Å². The van der Waals surface area contributed by atoms with E-state index in [-0.39, 0.29) is 0 Å². The van der Waals surface area contributed by atoms with Crippen molar-refractivity contribution in [2.75, 3.05) is 18.0 Å². The molecule has 0 aromatic carbocycles. The zero-order chi connectivity index (χ0) is 21.0. The van der Waals surface area contributed by atoms with Crippen LogP contribution in [-0.2, 0) is 11.2 Å². The van der Waals surface area contributed by atoms with E-state index in [0.717, 1.165) is 51.1 Å². The normalized spacial score (nSPS) is 29.5. The number of aromatic nitrogens is 2. The second-order valence-electron chi connectivity index (χ2n) is 9.26. The molecule has 0 spiro atoms. The minimum atomic E-state index is 0.305. The first kappa shape index (κ1) is 22.2. The van der Waals surface area contributed by atoms with Crippen LogP contribution in [-0.4, -0.2) is 51.9 Å². The van der Waals surface area contributed by atoms with E-state index in [1.165, 1.54) is 18.4 Å². The van der Waals surface area contributed by atoms with Crippen LogP contribution in [0.15, 0.2) is 12.4 Å². The van der Waals surface area contributed by atoms with Crippen molar-refractivity contribution in [1.82, 2.24) is 14.9 Å². The third-order valence-electron chi connectivity index (χ3n) is 7.11. The molecule has 1 saturated carbocycles. The molecule has 0 N–H and O–H groups in total. The van der Waals surface area contributed by atoms with Gasteiger partial charge in [-0.25, -0.2) is 9.97 Å². The minimum Gasteiger partial charge on any atom is -0.332 e. The van der Waals surface area contributed by atoms with Gasteiger partial charge in [-0.05, 0) is 77.2 Å². The summed E-state index contributed by atoms with van der Waals surface area (Å²) in [6, 6.07) is 1.76. The van der Waals surface area contributed by atoms with Crippen LogP contribution in [0.3, 0.4) is 0 Å². The number of fused-ring (bicyclic) bond motifs is 2. The first-order valence-corrected chi connectivity index (χ1v) is 11.8. The van der Waals surface area contributed by atoms with Crippen molar-refractivity contribution in [2.45, 2.75) is 97.7 Å². The molecule has 1 aromatic rings. The number of carbonyl (C=O) groups is 1. The van der Waals surface area contributed by atoms with Crippen molar-refractivity contribution in [3.8, 4) is 0 Å². The fourth-order valence-corrected chi connectivity index (χ4v) is 5.38. The lowest BCUT2D eigenvalue weighted by Crippen LogP contribution is -2.56. The molecule has 3 fully saturated rings. The van der Waals surface area contributed by atoms with Crippen LogP contribution in [0.2, 0.25) is 0 Å². The van der Waals surface area contributed by atoms with Gasteiger partial charge in [0.1, 0.15) is 5.78 Å². The van der Waals surface area contributed by atoms with Crippen molar-refractivity contribution in [3.05, 3.63) is 18.0 Å². The summed E-state index contributed by atoms with van der Waals surface area (Å²) >= 11 is 0. The summed E-state index contributed by atoms with van der Waals surface area (Å²) in [7, 11) is 0. The molecule has 0 radical (unpaired) electrons. The van der Waals surface area contributed by atoms with E-state index in [9.17, 15) is 4.79 Å². The van der Waals surface area contributed by atoms with E-state index in [2.05, 4.69) is 23.6 Å². The summed E-state index contributed by atoms with van der Waals surface area (Å²) in [6.45, 7) is 12.6. The number of nitrogens with zero attached hydrogens (tertiary/aromatic N) is 4. The summed E-state index contributed by atoms with van der Waals surface area (Å²) in [4.78, 5) is 26.2. The van der Waals surface area contributed by atoms with Gasteiger partial charge in [0, 0.05) is 49.5 Å². The molecule has 5 heteroatoms. The van der Waals surface area contributed by atoms with E-state index in [1.807, 2.05) is 26.2 Å². The second-order valence-corrected chi connectivity index (χ2v) is 9.26. The van der Waals surface area contributed by atoms with Crippen molar-refractivity contribution in [2.24, 2.45) is 11.8 Å². The number of piperazine rings is 1. The summed E-state index contributed by atoms with van der Waals surface area (Å²) in [5.74, 6) is 2.28. The third kappa shape index (κ3) is 5.17. The highest BCUT2D eigenvalue weighted by Crippen LogP contribution is 2.34. The lowest BCUT2D eigenvalue weighted by molar-refractivity contribution is -0.121. The predicted molar refractivity (Wildman–Crippen MR) is 119 cm³/mol. The van der Waals surface area contributed by atoms with E-state index >= 15 is 0 Å². The molecule has 2 saturated heterocycles.